The summed E-state index contributed by atoms with van der Waals surface area (Å²) in [5.41, 5.74) is 6.24. The molecule has 0 fully saturated rings. The Morgan fingerprint density at radius 3 is 1.82 bits per heavy atom. The highest BCUT2D eigenvalue weighted by molar-refractivity contribution is 6.40. The van der Waals surface area contributed by atoms with E-state index in [4.69, 9.17) is 0 Å². The Kier molecular flexibility index (Phi) is 7.78. The molecule has 6 heteroatoms. The summed E-state index contributed by atoms with van der Waals surface area (Å²) >= 11 is 0. The number of allylic oxidation sites excluding steroid dienone is 2. The lowest BCUT2D eigenvalue weighted by atomic mass is 9.79. The van der Waals surface area contributed by atoms with Crippen LogP contribution in [0.25, 0.3) is 5.57 Å². The number of hydrogen-bond acceptors (Lipinski definition) is 4. The molecular formula is C34H28N2O4. The van der Waals surface area contributed by atoms with Crippen molar-refractivity contribution in [1.29, 1.82) is 0 Å². The largest absolute Gasteiger partial charge is 0.289 e. The Bertz CT molecular complexity index is 1610. The zero-order chi connectivity index (χ0) is 28.1. The summed E-state index contributed by atoms with van der Waals surface area (Å²) in [5, 5.41) is 1.20. The highest BCUT2D eigenvalue weighted by Crippen LogP contribution is 2.35. The van der Waals surface area contributed by atoms with Gasteiger partial charge >= 0.3 is 0 Å². The minimum atomic E-state index is -0.442. The van der Waals surface area contributed by atoms with E-state index in [1.807, 2.05) is 19.1 Å². The topological polar surface area (TPSA) is 83.6 Å². The van der Waals surface area contributed by atoms with E-state index in [1.54, 1.807) is 97.1 Å². The molecule has 0 heterocycles. The van der Waals surface area contributed by atoms with Gasteiger partial charge in [-0.1, -0.05) is 86.1 Å². The number of Topliss-reactive ketones (excluding diaryl/α,β-unsaturated/α-hetero) is 2. The van der Waals surface area contributed by atoms with Gasteiger partial charge in [0.15, 0.2) is 11.6 Å². The second kappa shape index (κ2) is 11.7. The van der Waals surface area contributed by atoms with Crippen LogP contribution in [0.5, 0.6) is 0 Å². The monoisotopic (exact) mass is 528 g/mol. The van der Waals surface area contributed by atoms with Gasteiger partial charge < -0.3 is 0 Å². The van der Waals surface area contributed by atoms with E-state index in [2.05, 4.69) is 5.43 Å². The number of carbonyl (C=O) groups is 4. The van der Waals surface area contributed by atoms with E-state index in [-0.39, 0.29) is 11.6 Å². The predicted molar refractivity (Wildman–Crippen MR) is 155 cm³/mol. The van der Waals surface area contributed by atoms with Crippen molar-refractivity contribution >= 4 is 34.6 Å². The average molecular weight is 529 g/mol. The number of benzene rings is 4. The lowest BCUT2D eigenvalue weighted by molar-refractivity contribution is 0.0887. The van der Waals surface area contributed by atoms with Gasteiger partial charge in [-0.15, -0.1) is 0 Å². The molecule has 0 spiro atoms. The molecule has 0 saturated heterocycles. The standard InChI is InChI=1S/C34H28N2O4/c1-2-3-16-29-30(32(38)28-18-11-10-17-27(28)31(29)37)23-19-21-26(22-20-23)36(34(40)25-14-8-5-9-15-25)35-33(39)24-12-6-4-7-13-24/h4-15,17-22H,2-3,16H2,1H3,(H,35,39). The summed E-state index contributed by atoms with van der Waals surface area (Å²) in [6.45, 7) is 2.04. The third-order valence-electron chi connectivity index (χ3n) is 6.89. The SMILES string of the molecule is CCCCC1=C(c2ccc(N(NC(=O)c3ccccc3)C(=O)c3ccccc3)cc2)C(=O)c2ccccc2C1=O. The molecule has 0 unspecified atom stereocenters. The highest BCUT2D eigenvalue weighted by atomic mass is 16.2. The van der Waals surface area contributed by atoms with Crippen LogP contribution >= 0.6 is 0 Å². The van der Waals surface area contributed by atoms with E-state index in [0.717, 1.165) is 12.8 Å². The molecule has 0 saturated carbocycles. The van der Waals surface area contributed by atoms with Crippen LogP contribution in [0.4, 0.5) is 5.69 Å². The van der Waals surface area contributed by atoms with E-state index >= 15 is 0 Å². The molecule has 4 aromatic rings. The Balaban J connectivity index is 1.53. The zero-order valence-electron chi connectivity index (χ0n) is 22.1. The van der Waals surface area contributed by atoms with Crippen LogP contribution in [0.2, 0.25) is 0 Å². The molecule has 198 valence electrons. The van der Waals surface area contributed by atoms with Gasteiger partial charge in [0, 0.05) is 33.4 Å². The smallest absolute Gasteiger partial charge is 0.277 e. The molecular weight excluding hydrogens is 500 g/mol. The van der Waals surface area contributed by atoms with E-state index in [1.165, 1.54) is 5.01 Å². The van der Waals surface area contributed by atoms with Crippen molar-refractivity contribution in [3.8, 4) is 0 Å². The van der Waals surface area contributed by atoms with Crippen LogP contribution in [-0.2, 0) is 0 Å². The van der Waals surface area contributed by atoms with Gasteiger partial charge in [0.2, 0.25) is 0 Å². The van der Waals surface area contributed by atoms with Gasteiger partial charge in [0.1, 0.15) is 0 Å². The molecule has 0 bridgehead atoms. The lowest BCUT2D eigenvalue weighted by Gasteiger charge is -2.25. The number of carbonyl (C=O) groups excluding carboxylic acids is 4. The molecule has 6 nitrogen and oxygen atoms in total. The molecule has 5 rings (SSSR count). The van der Waals surface area contributed by atoms with Gasteiger partial charge in [-0.05, 0) is 54.8 Å². The normalized spacial score (nSPS) is 12.6. The third-order valence-corrected chi connectivity index (χ3v) is 6.89. The van der Waals surface area contributed by atoms with Crippen molar-refractivity contribution in [3.63, 3.8) is 0 Å². The van der Waals surface area contributed by atoms with E-state index < -0.39 is 11.8 Å². The Hall–Kier alpha value is -5.10. The Morgan fingerprint density at radius 2 is 1.23 bits per heavy atom. The predicted octanol–water partition coefficient (Wildman–Crippen LogP) is 6.70. The molecule has 1 aliphatic rings. The summed E-state index contributed by atoms with van der Waals surface area (Å²) in [6, 6.07) is 31.0. The molecule has 40 heavy (non-hydrogen) atoms. The fourth-order valence-corrected chi connectivity index (χ4v) is 4.80. The van der Waals surface area contributed by atoms with Crippen molar-refractivity contribution in [3.05, 3.63) is 143 Å². The summed E-state index contributed by atoms with van der Waals surface area (Å²) in [5.74, 6) is -1.18. The molecule has 1 N–H and O–H groups in total. The van der Waals surface area contributed by atoms with Crippen molar-refractivity contribution in [1.82, 2.24) is 5.43 Å². The van der Waals surface area contributed by atoms with Crippen LogP contribution in [0.15, 0.2) is 115 Å². The van der Waals surface area contributed by atoms with Crippen molar-refractivity contribution in [2.24, 2.45) is 0 Å². The number of hydrogen-bond donors (Lipinski definition) is 1. The third kappa shape index (κ3) is 5.24. The van der Waals surface area contributed by atoms with Crippen LogP contribution in [0.1, 0.15) is 73.2 Å². The van der Waals surface area contributed by atoms with Gasteiger partial charge in [-0.25, -0.2) is 5.01 Å². The lowest BCUT2D eigenvalue weighted by Crippen LogP contribution is -2.46. The van der Waals surface area contributed by atoms with Gasteiger partial charge in [0.25, 0.3) is 11.8 Å². The van der Waals surface area contributed by atoms with Gasteiger partial charge in [-0.2, -0.15) is 0 Å². The maximum absolute atomic E-state index is 13.6. The number of nitrogens with zero attached hydrogens (tertiary/aromatic N) is 1. The molecule has 4 aromatic carbocycles. The minimum absolute atomic E-state index is 0.126. The second-order valence-electron chi connectivity index (χ2n) is 9.52. The van der Waals surface area contributed by atoms with Crippen LogP contribution in [0, 0.1) is 0 Å². The maximum Gasteiger partial charge on any atom is 0.277 e. The highest BCUT2D eigenvalue weighted by Gasteiger charge is 2.32. The second-order valence-corrected chi connectivity index (χ2v) is 9.52. The maximum atomic E-state index is 13.6. The molecule has 0 radical (unpaired) electrons. The van der Waals surface area contributed by atoms with Gasteiger partial charge in [0.05, 0.1) is 5.69 Å². The summed E-state index contributed by atoms with van der Waals surface area (Å²) in [6.07, 6.45) is 2.16. The number of ketones is 2. The van der Waals surface area contributed by atoms with Crippen LogP contribution in [0.3, 0.4) is 0 Å². The van der Waals surface area contributed by atoms with E-state index in [9.17, 15) is 19.2 Å². The number of amides is 2. The zero-order valence-corrected chi connectivity index (χ0v) is 22.1. The number of anilines is 1. The number of fused-ring (bicyclic) bond motifs is 1. The van der Waals surface area contributed by atoms with E-state index in [0.29, 0.717) is 51.1 Å². The summed E-state index contributed by atoms with van der Waals surface area (Å²) < 4.78 is 0. The first-order valence-electron chi connectivity index (χ1n) is 13.3. The summed E-state index contributed by atoms with van der Waals surface area (Å²) in [4.78, 5) is 53.6. The Labute approximate surface area is 232 Å². The van der Waals surface area contributed by atoms with Crippen LogP contribution < -0.4 is 10.4 Å². The van der Waals surface area contributed by atoms with Crippen molar-refractivity contribution < 1.29 is 19.2 Å². The number of hydrazine groups is 1. The fourth-order valence-electron chi connectivity index (χ4n) is 4.80. The van der Waals surface area contributed by atoms with Crippen LogP contribution in [-0.4, -0.2) is 23.4 Å². The van der Waals surface area contributed by atoms with Gasteiger partial charge in [-0.3, -0.25) is 24.6 Å². The Morgan fingerprint density at radius 1 is 0.675 bits per heavy atom. The summed E-state index contributed by atoms with van der Waals surface area (Å²) in [7, 11) is 0. The molecule has 0 atom stereocenters. The molecule has 2 amide bonds. The van der Waals surface area contributed by atoms with Crippen molar-refractivity contribution in [2.75, 3.05) is 5.01 Å². The fraction of sp³-hybridized carbons (Fsp3) is 0.118. The minimum Gasteiger partial charge on any atom is -0.289 e. The average Bonchev–Trinajstić information content (AvgIpc) is 3.01. The number of rotatable bonds is 7. The van der Waals surface area contributed by atoms with Crippen molar-refractivity contribution in [2.45, 2.75) is 26.2 Å². The molecule has 0 aliphatic heterocycles. The molecule has 0 aromatic heterocycles. The number of unbranched alkanes of at least 4 members (excludes halogenated alkanes) is 1. The first-order chi connectivity index (χ1) is 19.5. The molecule has 1 aliphatic carbocycles. The first kappa shape index (κ1) is 26.5. The quantitative estimate of drug-likeness (QED) is 0.271. The first-order valence-corrected chi connectivity index (χ1v) is 13.3. The number of nitrogens with one attached hydrogen (secondary N) is 1.